The van der Waals surface area contributed by atoms with Gasteiger partial charge >= 0.3 is 0 Å². The second-order valence-electron chi connectivity index (χ2n) is 7.36. The van der Waals surface area contributed by atoms with Gasteiger partial charge in [0, 0.05) is 25.6 Å². The number of carbonyl (C=O) groups is 1. The quantitative estimate of drug-likeness (QED) is 0.459. The second-order valence-corrected chi connectivity index (χ2v) is 7.36. The minimum Gasteiger partial charge on any atom is -0.454 e. The lowest BCUT2D eigenvalue weighted by atomic mass is 10.2. The lowest BCUT2D eigenvalue weighted by Crippen LogP contribution is -2.15. The van der Waals surface area contributed by atoms with Gasteiger partial charge in [-0.2, -0.15) is 4.52 Å². The molecule has 1 amide bonds. The number of rotatable bonds is 7. The summed E-state index contributed by atoms with van der Waals surface area (Å²) in [5, 5.41) is 19.0. The summed E-state index contributed by atoms with van der Waals surface area (Å²) >= 11 is 0. The maximum absolute atomic E-state index is 12.3. The van der Waals surface area contributed by atoms with Crippen molar-refractivity contribution < 1.29 is 14.3 Å². The number of nitrogens with one attached hydrogen (secondary N) is 2. The summed E-state index contributed by atoms with van der Waals surface area (Å²) in [7, 11) is 0. The first-order valence-corrected chi connectivity index (χ1v) is 10.2. The van der Waals surface area contributed by atoms with Crippen LogP contribution in [0.4, 0.5) is 11.6 Å². The predicted octanol–water partition coefficient (Wildman–Crippen LogP) is 2.74. The van der Waals surface area contributed by atoms with E-state index in [1.54, 1.807) is 10.7 Å². The van der Waals surface area contributed by atoms with Crippen molar-refractivity contribution in [2.75, 3.05) is 17.4 Å². The number of aryl methyl sites for hydroxylation is 2. The van der Waals surface area contributed by atoms with Gasteiger partial charge in [0.1, 0.15) is 11.6 Å². The summed E-state index contributed by atoms with van der Waals surface area (Å²) < 4.78 is 12.4. The van der Waals surface area contributed by atoms with E-state index in [4.69, 9.17) is 9.47 Å². The van der Waals surface area contributed by atoms with Crippen LogP contribution in [-0.4, -0.2) is 37.5 Å². The molecule has 0 radical (unpaired) electrons. The molecule has 0 fully saturated rings. The van der Waals surface area contributed by atoms with Crippen LogP contribution in [0.3, 0.4) is 0 Å². The number of hydrogen-bond acceptors (Lipinski definition) is 8. The Labute approximate surface area is 183 Å². The zero-order valence-corrected chi connectivity index (χ0v) is 17.4. The van der Waals surface area contributed by atoms with Crippen molar-refractivity contribution in [2.24, 2.45) is 0 Å². The highest BCUT2D eigenvalue weighted by atomic mass is 16.7. The topological polar surface area (TPSA) is 116 Å². The van der Waals surface area contributed by atoms with Crippen molar-refractivity contribution in [3.05, 3.63) is 65.6 Å². The smallest absolute Gasteiger partial charge is 0.231 e. The van der Waals surface area contributed by atoms with Gasteiger partial charge in [-0.25, -0.2) is 4.98 Å². The van der Waals surface area contributed by atoms with Gasteiger partial charge in [0.15, 0.2) is 23.0 Å². The van der Waals surface area contributed by atoms with Crippen LogP contribution in [0.15, 0.2) is 48.7 Å². The number of aromatic nitrogens is 5. The van der Waals surface area contributed by atoms with Crippen LogP contribution >= 0.6 is 0 Å². The van der Waals surface area contributed by atoms with Crippen LogP contribution < -0.4 is 20.1 Å². The molecule has 0 aliphatic carbocycles. The number of anilines is 2. The minimum absolute atomic E-state index is 0.138. The van der Waals surface area contributed by atoms with Crippen LogP contribution in [0.1, 0.15) is 23.4 Å². The van der Waals surface area contributed by atoms with Gasteiger partial charge in [0.2, 0.25) is 12.7 Å². The van der Waals surface area contributed by atoms with Gasteiger partial charge in [-0.05, 0) is 48.4 Å². The van der Waals surface area contributed by atoms with Crippen LogP contribution in [0.25, 0.3) is 5.65 Å². The van der Waals surface area contributed by atoms with E-state index in [1.807, 2.05) is 49.4 Å². The second kappa shape index (κ2) is 8.50. The van der Waals surface area contributed by atoms with E-state index >= 15 is 0 Å². The van der Waals surface area contributed by atoms with Crippen molar-refractivity contribution in [3.8, 4) is 11.5 Å². The van der Waals surface area contributed by atoms with Crippen molar-refractivity contribution in [2.45, 2.75) is 26.3 Å². The molecule has 0 atom stereocenters. The summed E-state index contributed by atoms with van der Waals surface area (Å²) in [5.74, 6) is 3.21. The number of carbonyl (C=O) groups excluding carboxylic acids is 1. The minimum atomic E-state index is -0.138. The Morgan fingerprint density at radius 2 is 2.03 bits per heavy atom. The van der Waals surface area contributed by atoms with Crippen LogP contribution in [0.5, 0.6) is 11.5 Å². The fourth-order valence-electron chi connectivity index (χ4n) is 3.36. The average molecular weight is 431 g/mol. The van der Waals surface area contributed by atoms with E-state index in [0.29, 0.717) is 36.1 Å². The Morgan fingerprint density at radius 3 is 2.94 bits per heavy atom. The molecule has 3 aromatic heterocycles. The highest BCUT2D eigenvalue weighted by Gasteiger charge is 2.14. The fraction of sp³-hybridized carbons (Fsp3) is 0.227. The molecule has 4 aromatic rings. The Balaban J connectivity index is 1.23. The molecule has 1 aliphatic heterocycles. The summed E-state index contributed by atoms with van der Waals surface area (Å²) in [6.45, 7) is 2.72. The van der Waals surface area contributed by atoms with Crippen molar-refractivity contribution in [1.29, 1.82) is 0 Å². The third kappa shape index (κ3) is 4.15. The first-order chi connectivity index (χ1) is 15.7. The number of hydrogen-bond donors (Lipinski definition) is 2. The standard InChI is InChI=1S/C22H21N7O3/c1-14-3-2-10-23-22(14)25-21(30)9-8-20-27-26-19-7-6-18(28-29(19)20)24-12-15-4-5-16-17(11-15)32-13-31-16/h2-7,10-11H,8-9,12-13H2,1H3,(H,24,28)(H,23,25,30). The molecule has 32 heavy (non-hydrogen) atoms. The molecule has 4 heterocycles. The maximum atomic E-state index is 12.3. The van der Waals surface area contributed by atoms with E-state index in [2.05, 4.69) is 30.9 Å². The van der Waals surface area contributed by atoms with E-state index in [-0.39, 0.29) is 19.1 Å². The van der Waals surface area contributed by atoms with Gasteiger partial charge in [-0.1, -0.05) is 12.1 Å². The van der Waals surface area contributed by atoms with Crippen LogP contribution in [0.2, 0.25) is 0 Å². The molecule has 0 bridgehead atoms. The number of fused-ring (bicyclic) bond motifs is 2. The molecular weight excluding hydrogens is 410 g/mol. The molecule has 162 valence electrons. The molecule has 0 unspecified atom stereocenters. The monoisotopic (exact) mass is 431 g/mol. The van der Waals surface area contributed by atoms with Gasteiger partial charge in [0.05, 0.1) is 0 Å². The highest BCUT2D eigenvalue weighted by molar-refractivity contribution is 5.90. The number of nitrogens with zero attached hydrogens (tertiary/aromatic N) is 5. The molecular formula is C22H21N7O3. The Kier molecular flexibility index (Phi) is 5.24. The molecule has 10 nitrogen and oxygen atoms in total. The number of ether oxygens (including phenoxy) is 2. The van der Waals surface area contributed by atoms with E-state index in [0.717, 1.165) is 22.6 Å². The molecule has 0 saturated heterocycles. The molecule has 0 spiro atoms. The third-order valence-electron chi connectivity index (χ3n) is 5.08. The van der Waals surface area contributed by atoms with Crippen molar-refractivity contribution in [1.82, 2.24) is 24.8 Å². The summed E-state index contributed by atoms with van der Waals surface area (Å²) in [6, 6.07) is 13.2. The lowest BCUT2D eigenvalue weighted by Gasteiger charge is -2.08. The zero-order valence-electron chi connectivity index (χ0n) is 17.4. The molecule has 1 aromatic carbocycles. The van der Waals surface area contributed by atoms with E-state index in [9.17, 15) is 4.79 Å². The van der Waals surface area contributed by atoms with E-state index < -0.39 is 0 Å². The normalized spacial score (nSPS) is 12.2. The lowest BCUT2D eigenvalue weighted by molar-refractivity contribution is -0.116. The van der Waals surface area contributed by atoms with Gasteiger partial charge in [-0.3, -0.25) is 4.79 Å². The van der Waals surface area contributed by atoms with Crippen LogP contribution in [0, 0.1) is 6.92 Å². The average Bonchev–Trinajstić information content (AvgIpc) is 3.44. The Hall–Kier alpha value is -4.21. The first kappa shape index (κ1) is 19.7. The van der Waals surface area contributed by atoms with Crippen molar-refractivity contribution >= 4 is 23.2 Å². The number of amides is 1. The molecule has 2 N–H and O–H groups in total. The SMILES string of the molecule is Cc1cccnc1NC(=O)CCc1nnc2ccc(NCc3ccc4c(c3)OCO4)nn12. The summed E-state index contributed by atoms with van der Waals surface area (Å²) in [6.07, 6.45) is 2.29. The third-order valence-corrected chi connectivity index (χ3v) is 5.08. The van der Waals surface area contributed by atoms with E-state index in [1.165, 1.54) is 0 Å². The van der Waals surface area contributed by atoms with Crippen molar-refractivity contribution in [3.63, 3.8) is 0 Å². The summed E-state index contributed by atoms with van der Waals surface area (Å²) in [5.41, 5.74) is 2.57. The molecule has 0 saturated carbocycles. The zero-order chi connectivity index (χ0) is 21.9. The highest BCUT2D eigenvalue weighted by Crippen LogP contribution is 2.32. The Bertz CT molecular complexity index is 1290. The molecule has 10 heteroatoms. The van der Waals surface area contributed by atoms with Gasteiger partial charge < -0.3 is 20.1 Å². The first-order valence-electron chi connectivity index (χ1n) is 10.2. The largest absolute Gasteiger partial charge is 0.454 e. The number of pyridine rings is 1. The fourth-order valence-corrected chi connectivity index (χ4v) is 3.36. The van der Waals surface area contributed by atoms with Gasteiger partial charge in [-0.15, -0.1) is 15.3 Å². The Morgan fingerprint density at radius 1 is 1.12 bits per heavy atom. The van der Waals surface area contributed by atoms with Crippen LogP contribution in [-0.2, 0) is 17.8 Å². The summed E-state index contributed by atoms with van der Waals surface area (Å²) in [4.78, 5) is 16.5. The maximum Gasteiger partial charge on any atom is 0.231 e. The number of benzene rings is 1. The van der Waals surface area contributed by atoms with Gasteiger partial charge in [0.25, 0.3) is 0 Å². The predicted molar refractivity (Wildman–Crippen MR) is 117 cm³/mol. The molecule has 5 rings (SSSR count). The molecule has 1 aliphatic rings.